The van der Waals surface area contributed by atoms with E-state index in [9.17, 15) is 4.79 Å². The van der Waals surface area contributed by atoms with E-state index in [2.05, 4.69) is 20.5 Å². The maximum Gasteiger partial charge on any atom is 0.250 e. The number of hydrogen-bond acceptors (Lipinski definition) is 5. The number of carbonyl (C=O) groups is 1. The van der Waals surface area contributed by atoms with Crippen molar-refractivity contribution in [1.29, 1.82) is 0 Å². The number of fused-ring (bicyclic) bond motifs is 2. The Balaban J connectivity index is 1.32. The van der Waals surface area contributed by atoms with Crippen LogP contribution in [0, 0.1) is 0 Å². The van der Waals surface area contributed by atoms with E-state index in [0.29, 0.717) is 0 Å². The summed E-state index contributed by atoms with van der Waals surface area (Å²) in [6, 6.07) is 17.9. The zero-order valence-corrected chi connectivity index (χ0v) is 14.7. The van der Waals surface area contributed by atoms with Crippen molar-refractivity contribution >= 4 is 56.3 Å². The lowest BCUT2D eigenvalue weighted by Crippen LogP contribution is -2.19. The lowest BCUT2D eigenvalue weighted by atomic mass is 10.2. The Kier molecular flexibility index (Phi) is 4.49. The zero-order valence-electron chi connectivity index (χ0n) is 13.1. The second-order valence-corrected chi connectivity index (χ2v) is 7.59. The molecule has 0 radical (unpaired) electrons. The monoisotopic (exact) mass is 366 g/mol. The highest BCUT2D eigenvalue weighted by atomic mass is 32.2. The Morgan fingerprint density at radius 1 is 1.24 bits per heavy atom. The fraction of sp³-hybridized carbons (Fsp3) is 0.0556. The number of nitrogens with one attached hydrogen (secondary N) is 2. The van der Waals surface area contributed by atoms with Gasteiger partial charge in [-0.2, -0.15) is 5.10 Å². The third-order valence-electron chi connectivity index (χ3n) is 3.54. The number of H-pyrrole nitrogens is 1. The van der Waals surface area contributed by atoms with Crippen molar-refractivity contribution in [3.8, 4) is 0 Å². The van der Waals surface area contributed by atoms with Crippen molar-refractivity contribution in [2.24, 2.45) is 5.10 Å². The number of aromatic amines is 1. The third-order valence-corrected chi connectivity index (χ3v) is 5.72. The van der Waals surface area contributed by atoms with Crippen molar-refractivity contribution in [3.63, 3.8) is 0 Å². The number of hydrogen-bond donors (Lipinski definition) is 2. The quantitative estimate of drug-likeness (QED) is 0.318. The molecule has 0 aliphatic rings. The van der Waals surface area contributed by atoms with Crippen LogP contribution in [0.1, 0.15) is 5.69 Å². The summed E-state index contributed by atoms with van der Waals surface area (Å²) in [5.41, 5.74) is 5.40. The number of thioether (sulfide) groups is 1. The molecule has 0 aliphatic heterocycles. The summed E-state index contributed by atoms with van der Waals surface area (Å²) in [4.78, 5) is 19.6. The summed E-state index contributed by atoms with van der Waals surface area (Å²) >= 11 is 3.01. The standard InChI is InChI=1S/C18H14N4OS2/c23-17(11-24-18-21-15-7-3-4-8-16(15)25-18)22-19-10-13-9-12-5-1-2-6-14(12)20-13/h1-10,20H,11H2,(H,22,23). The molecule has 0 aliphatic carbocycles. The molecule has 0 atom stereocenters. The minimum absolute atomic E-state index is 0.156. The van der Waals surface area contributed by atoms with Gasteiger partial charge in [-0.15, -0.1) is 11.3 Å². The van der Waals surface area contributed by atoms with Gasteiger partial charge in [-0.05, 0) is 24.3 Å². The van der Waals surface area contributed by atoms with E-state index in [0.717, 1.165) is 31.2 Å². The fourth-order valence-electron chi connectivity index (χ4n) is 2.41. The van der Waals surface area contributed by atoms with E-state index in [1.54, 1.807) is 17.6 Å². The topological polar surface area (TPSA) is 70.1 Å². The first-order chi connectivity index (χ1) is 12.3. The molecular formula is C18H14N4OS2. The Morgan fingerprint density at radius 3 is 2.96 bits per heavy atom. The predicted molar refractivity (Wildman–Crippen MR) is 104 cm³/mol. The number of amides is 1. The van der Waals surface area contributed by atoms with E-state index in [1.165, 1.54) is 11.8 Å². The van der Waals surface area contributed by atoms with Gasteiger partial charge in [0, 0.05) is 10.9 Å². The largest absolute Gasteiger partial charge is 0.354 e. The molecule has 25 heavy (non-hydrogen) atoms. The van der Waals surface area contributed by atoms with Gasteiger partial charge in [0.15, 0.2) is 4.34 Å². The van der Waals surface area contributed by atoms with Gasteiger partial charge in [-0.25, -0.2) is 10.4 Å². The van der Waals surface area contributed by atoms with Gasteiger partial charge < -0.3 is 4.98 Å². The molecule has 7 heteroatoms. The van der Waals surface area contributed by atoms with Crippen LogP contribution in [0.5, 0.6) is 0 Å². The molecule has 2 aromatic carbocycles. The number of nitrogens with zero attached hydrogens (tertiary/aromatic N) is 2. The average Bonchev–Trinajstić information content (AvgIpc) is 3.23. The van der Waals surface area contributed by atoms with Gasteiger partial charge in [-0.1, -0.05) is 42.1 Å². The minimum atomic E-state index is -0.156. The molecule has 2 N–H and O–H groups in total. The maximum atomic E-state index is 11.9. The molecule has 0 bridgehead atoms. The summed E-state index contributed by atoms with van der Waals surface area (Å²) in [5.74, 6) is 0.126. The van der Waals surface area contributed by atoms with Gasteiger partial charge in [0.1, 0.15) is 0 Å². The number of benzene rings is 2. The molecule has 4 rings (SSSR count). The molecule has 0 spiro atoms. The van der Waals surface area contributed by atoms with Crippen LogP contribution in [0.25, 0.3) is 21.1 Å². The molecule has 0 fully saturated rings. The number of hydrazone groups is 1. The summed E-state index contributed by atoms with van der Waals surface area (Å²) < 4.78 is 2.01. The molecule has 5 nitrogen and oxygen atoms in total. The van der Waals surface area contributed by atoms with Gasteiger partial charge >= 0.3 is 0 Å². The Labute approximate surface area is 152 Å². The molecule has 4 aromatic rings. The summed E-state index contributed by atoms with van der Waals surface area (Å²) in [6.07, 6.45) is 1.61. The second-order valence-electron chi connectivity index (χ2n) is 5.34. The van der Waals surface area contributed by atoms with Crippen molar-refractivity contribution in [1.82, 2.24) is 15.4 Å². The van der Waals surface area contributed by atoms with Crippen LogP contribution in [-0.4, -0.2) is 27.8 Å². The van der Waals surface area contributed by atoms with Crippen LogP contribution in [0.15, 0.2) is 64.0 Å². The number of carbonyl (C=O) groups excluding carboxylic acids is 1. The lowest BCUT2D eigenvalue weighted by Gasteiger charge is -1.96. The molecule has 0 saturated carbocycles. The number of para-hydroxylation sites is 2. The highest BCUT2D eigenvalue weighted by Crippen LogP contribution is 2.28. The van der Waals surface area contributed by atoms with E-state index < -0.39 is 0 Å². The summed E-state index contributed by atoms with van der Waals surface area (Å²) in [7, 11) is 0. The van der Waals surface area contributed by atoms with Crippen LogP contribution >= 0.6 is 23.1 Å². The first-order valence-electron chi connectivity index (χ1n) is 7.66. The van der Waals surface area contributed by atoms with E-state index >= 15 is 0 Å². The van der Waals surface area contributed by atoms with Crippen LogP contribution in [0.4, 0.5) is 0 Å². The smallest absolute Gasteiger partial charge is 0.250 e. The highest BCUT2D eigenvalue weighted by molar-refractivity contribution is 8.01. The van der Waals surface area contributed by atoms with Crippen molar-refractivity contribution in [3.05, 3.63) is 60.3 Å². The normalized spacial score (nSPS) is 11.5. The van der Waals surface area contributed by atoms with Crippen LogP contribution in [-0.2, 0) is 4.79 Å². The van der Waals surface area contributed by atoms with Gasteiger partial charge in [0.25, 0.3) is 5.91 Å². The van der Waals surface area contributed by atoms with E-state index in [1.807, 2.05) is 54.6 Å². The highest BCUT2D eigenvalue weighted by Gasteiger charge is 2.07. The fourth-order valence-corrected chi connectivity index (χ4v) is 4.27. The molecule has 2 heterocycles. The Morgan fingerprint density at radius 2 is 2.08 bits per heavy atom. The minimum Gasteiger partial charge on any atom is -0.354 e. The van der Waals surface area contributed by atoms with E-state index in [4.69, 9.17) is 0 Å². The number of rotatable bonds is 5. The molecule has 2 aromatic heterocycles. The maximum absolute atomic E-state index is 11.9. The lowest BCUT2D eigenvalue weighted by molar-refractivity contribution is -0.118. The SMILES string of the molecule is O=C(CSc1nc2ccccc2s1)NN=Cc1cc2ccccc2[nH]1. The predicted octanol–water partition coefficient (Wildman–Crippen LogP) is 4.02. The molecular weight excluding hydrogens is 352 g/mol. The third kappa shape index (κ3) is 3.72. The van der Waals surface area contributed by atoms with Gasteiger partial charge in [0.2, 0.25) is 0 Å². The zero-order chi connectivity index (χ0) is 17.1. The van der Waals surface area contributed by atoms with E-state index in [-0.39, 0.29) is 11.7 Å². The van der Waals surface area contributed by atoms with Gasteiger partial charge in [0.05, 0.1) is 27.9 Å². The van der Waals surface area contributed by atoms with Gasteiger partial charge in [-0.3, -0.25) is 4.79 Å². The van der Waals surface area contributed by atoms with Crippen LogP contribution < -0.4 is 5.43 Å². The molecule has 124 valence electrons. The first-order valence-corrected chi connectivity index (χ1v) is 9.46. The van der Waals surface area contributed by atoms with Crippen molar-refractivity contribution in [2.75, 3.05) is 5.75 Å². The van der Waals surface area contributed by atoms with Crippen molar-refractivity contribution in [2.45, 2.75) is 4.34 Å². The Hall–Kier alpha value is -2.64. The van der Waals surface area contributed by atoms with Crippen LogP contribution in [0.2, 0.25) is 0 Å². The van der Waals surface area contributed by atoms with Crippen LogP contribution in [0.3, 0.4) is 0 Å². The second kappa shape index (κ2) is 7.08. The average molecular weight is 366 g/mol. The summed E-state index contributed by atoms with van der Waals surface area (Å²) in [6.45, 7) is 0. The number of thiazole rings is 1. The molecule has 0 saturated heterocycles. The summed E-state index contributed by atoms with van der Waals surface area (Å²) in [5, 5.41) is 5.12. The Bertz CT molecular complexity index is 1000. The first kappa shape index (κ1) is 15.9. The number of aromatic nitrogens is 2. The van der Waals surface area contributed by atoms with Crippen molar-refractivity contribution < 1.29 is 4.79 Å². The molecule has 1 amide bonds. The molecule has 0 unspecified atom stereocenters.